The van der Waals surface area contributed by atoms with E-state index in [1.165, 1.54) is 31.6 Å². The molecule has 0 radical (unpaired) electrons. The van der Waals surface area contributed by atoms with Gasteiger partial charge in [0.25, 0.3) is 5.91 Å². The van der Waals surface area contributed by atoms with Gasteiger partial charge < -0.3 is 15.2 Å². The number of alkyl halides is 3. The number of amides is 1. The lowest BCUT2D eigenvalue weighted by molar-refractivity contribution is -0.182. The molecule has 1 amide bonds. The molecule has 2 aromatic heterocycles. The van der Waals surface area contributed by atoms with Gasteiger partial charge in [0.2, 0.25) is 0 Å². The van der Waals surface area contributed by atoms with Crippen molar-refractivity contribution >= 4 is 17.6 Å². The van der Waals surface area contributed by atoms with E-state index in [0.717, 1.165) is 9.36 Å². The third-order valence-electron chi connectivity index (χ3n) is 2.98. The third kappa shape index (κ3) is 5.31. The van der Waals surface area contributed by atoms with E-state index in [2.05, 4.69) is 20.3 Å². The van der Waals surface area contributed by atoms with Crippen molar-refractivity contribution in [2.24, 2.45) is 0 Å². The number of ether oxygens (including phenoxy) is 1. The lowest BCUT2D eigenvalue weighted by atomic mass is 10.3. The highest BCUT2D eigenvalue weighted by atomic mass is 19.4. The summed E-state index contributed by atoms with van der Waals surface area (Å²) < 4.78 is 42.5. The number of halogens is 3. The molecule has 0 saturated heterocycles. The first-order valence-corrected chi connectivity index (χ1v) is 6.92. The van der Waals surface area contributed by atoms with E-state index in [1.54, 1.807) is 0 Å². The zero-order chi connectivity index (χ0) is 18.6. The van der Waals surface area contributed by atoms with Crippen molar-refractivity contribution in [3.8, 4) is 0 Å². The average Bonchev–Trinajstić information content (AvgIpc) is 3.14. The molecule has 25 heavy (non-hydrogen) atoms. The standard InChI is InChI=1S/C13H14F3N5O4/c1-8(12(23)24)21-3-2-10(19-21)11(22)18-9-4-17-20(5-9)7-25-6-13(14,15)16/h2-5,8H,6-7H2,1H3,(H,18,22)(H,23,24). The van der Waals surface area contributed by atoms with Crippen LogP contribution in [0.25, 0.3) is 0 Å². The number of rotatable bonds is 7. The van der Waals surface area contributed by atoms with Gasteiger partial charge in [-0.1, -0.05) is 0 Å². The minimum absolute atomic E-state index is 0.0193. The number of anilines is 1. The molecule has 0 aliphatic heterocycles. The number of hydrogen-bond donors (Lipinski definition) is 2. The molecule has 1 unspecified atom stereocenters. The molecule has 2 aromatic rings. The minimum atomic E-state index is -4.43. The van der Waals surface area contributed by atoms with E-state index in [4.69, 9.17) is 5.11 Å². The number of carbonyl (C=O) groups excluding carboxylic acids is 1. The summed E-state index contributed by atoms with van der Waals surface area (Å²) in [6.07, 6.45) is -0.574. The maximum absolute atomic E-state index is 12.0. The predicted octanol–water partition coefficient (Wildman–Crippen LogP) is 1.51. The summed E-state index contributed by atoms with van der Waals surface area (Å²) in [7, 11) is 0. The zero-order valence-corrected chi connectivity index (χ0v) is 12.9. The molecular weight excluding hydrogens is 347 g/mol. The highest BCUT2D eigenvalue weighted by Gasteiger charge is 2.27. The monoisotopic (exact) mass is 361 g/mol. The lowest BCUT2D eigenvalue weighted by Crippen LogP contribution is -2.18. The Hall–Kier alpha value is -2.89. The van der Waals surface area contributed by atoms with E-state index in [1.807, 2.05) is 0 Å². The van der Waals surface area contributed by atoms with Gasteiger partial charge in [-0.2, -0.15) is 23.4 Å². The largest absolute Gasteiger partial charge is 0.480 e. The van der Waals surface area contributed by atoms with Crippen LogP contribution in [0.3, 0.4) is 0 Å². The van der Waals surface area contributed by atoms with Crippen molar-refractivity contribution in [1.29, 1.82) is 0 Å². The van der Waals surface area contributed by atoms with E-state index < -0.39 is 37.4 Å². The molecule has 0 bridgehead atoms. The van der Waals surface area contributed by atoms with Crippen LogP contribution in [0.1, 0.15) is 23.5 Å². The second kappa shape index (κ2) is 7.34. The molecule has 0 spiro atoms. The Kier molecular flexibility index (Phi) is 5.41. The summed E-state index contributed by atoms with van der Waals surface area (Å²) in [6, 6.07) is 0.404. The summed E-state index contributed by atoms with van der Waals surface area (Å²) in [5, 5.41) is 18.9. The molecule has 0 aliphatic rings. The fourth-order valence-corrected chi connectivity index (χ4v) is 1.74. The van der Waals surface area contributed by atoms with Gasteiger partial charge in [-0.15, -0.1) is 0 Å². The lowest BCUT2D eigenvalue weighted by Gasteiger charge is -2.07. The van der Waals surface area contributed by atoms with E-state index in [-0.39, 0.29) is 11.4 Å². The average molecular weight is 361 g/mol. The van der Waals surface area contributed by atoms with Crippen molar-refractivity contribution in [2.45, 2.75) is 25.9 Å². The summed E-state index contributed by atoms with van der Waals surface area (Å²) >= 11 is 0. The van der Waals surface area contributed by atoms with Gasteiger partial charge in [-0.05, 0) is 13.0 Å². The highest BCUT2D eigenvalue weighted by molar-refractivity contribution is 6.02. The predicted molar refractivity (Wildman–Crippen MR) is 76.8 cm³/mol. The van der Waals surface area contributed by atoms with Crippen LogP contribution in [0.15, 0.2) is 24.7 Å². The molecular formula is C13H14F3N5O4. The van der Waals surface area contributed by atoms with Gasteiger partial charge in [0.05, 0.1) is 18.1 Å². The first-order chi connectivity index (χ1) is 11.7. The second-order valence-electron chi connectivity index (χ2n) is 5.01. The molecule has 136 valence electrons. The van der Waals surface area contributed by atoms with Gasteiger partial charge >= 0.3 is 12.1 Å². The summed E-state index contributed by atoms with van der Waals surface area (Å²) in [6.45, 7) is -0.435. The molecule has 0 saturated carbocycles. The van der Waals surface area contributed by atoms with Crippen LogP contribution >= 0.6 is 0 Å². The number of hydrogen-bond acceptors (Lipinski definition) is 5. The topological polar surface area (TPSA) is 111 Å². The first-order valence-electron chi connectivity index (χ1n) is 6.92. The van der Waals surface area contributed by atoms with Crippen LogP contribution in [0.2, 0.25) is 0 Å². The van der Waals surface area contributed by atoms with Gasteiger partial charge in [0.15, 0.2) is 5.69 Å². The van der Waals surface area contributed by atoms with Crippen LogP contribution in [-0.2, 0) is 16.3 Å². The van der Waals surface area contributed by atoms with Crippen molar-refractivity contribution < 1.29 is 32.6 Å². The van der Waals surface area contributed by atoms with Crippen LogP contribution in [0.5, 0.6) is 0 Å². The number of carboxylic acids is 1. The third-order valence-corrected chi connectivity index (χ3v) is 2.98. The fourth-order valence-electron chi connectivity index (χ4n) is 1.74. The number of nitrogens with one attached hydrogen (secondary N) is 1. The van der Waals surface area contributed by atoms with Gasteiger partial charge in [0, 0.05) is 6.20 Å². The van der Waals surface area contributed by atoms with Crippen molar-refractivity contribution in [2.75, 3.05) is 11.9 Å². The van der Waals surface area contributed by atoms with Crippen molar-refractivity contribution in [1.82, 2.24) is 19.6 Å². The Morgan fingerprint density at radius 3 is 2.80 bits per heavy atom. The Labute approximate surface area is 139 Å². The van der Waals surface area contributed by atoms with Crippen LogP contribution in [0.4, 0.5) is 18.9 Å². The summed E-state index contributed by atoms with van der Waals surface area (Å²) in [5.41, 5.74) is 0.204. The van der Waals surface area contributed by atoms with Gasteiger partial charge in [-0.3, -0.25) is 9.48 Å². The molecule has 2 rings (SSSR count). The summed E-state index contributed by atoms with van der Waals surface area (Å²) in [4.78, 5) is 22.9. The normalized spacial score (nSPS) is 12.8. The molecule has 9 nitrogen and oxygen atoms in total. The molecule has 12 heteroatoms. The van der Waals surface area contributed by atoms with E-state index in [0.29, 0.717) is 0 Å². The van der Waals surface area contributed by atoms with Crippen LogP contribution < -0.4 is 5.32 Å². The van der Waals surface area contributed by atoms with Gasteiger partial charge in [0.1, 0.15) is 19.4 Å². The number of carbonyl (C=O) groups is 2. The van der Waals surface area contributed by atoms with Crippen molar-refractivity contribution in [3.05, 3.63) is 30.4 Å². The molecule has 2 N–H and O–H groups in total. The Bertz CT molecular complexity index is 755. The van der Waals surface area contributed by atoms with Crippen LogP contribution in [0, 0.1) is 0 Å². The SMILES string of the molecule is CC(C(=O)O)n1ccc(C(=O)Nc2cnn(COCC(F)(F)F)c2)n1. The maximum atomic E-state index is 12.0. The van der Waals surface area contributed by atoms with Gasteiger partial charge in [-0.25, -0.2) is 9.48 Å². The zero-order valence-electron chi connectivity index (χ0n) is 12.9. The second-order valence-corrected chi connectivity index (χ2v) is 5.01. The molecule has 0 aromatic carbocycles. The van der Waals surface area contributed by atoms with E-state index >= 15 is 0 Å². The quantitative estimate of drug-likeness (QED) is 0.773. The Morgan fingerprint density at radius 2 is 2.16 bits per heavy atom. The van der Waals surface area contributed by atoms with Crippen molar-refractivity contribution in [3.63, 3.8) is 0 Å². The molecule has 0 aliphatic carbocycles. The number of aliphatic carboxylic acids is 1. The molecule has 1 atom stereocenters. The number of carboxylic acid groups (broad SMARTS) is 1. The van der Waals surface area contributed by atoms with Crippen LogP contribution in [-0.4, -0.2) is 49.3 Å². The number of nitrogens with zero attached hydrogens (tertiary/aromatic N) is 4. The maximum Gasteiger partial charge on any atom is 0.411 e. The number of aromatic nitrogens is 4. The highest BCUT2D eigenvalue weighted by Crippen LogP contribution is 2.15. The Balaban J connectivity index is 1.92. The minimum Gasteiger partial charge on any atom is -0.480 e. The first kappa shape index (κ1) is 18.4. The fraction of sp³-hybridized carbons (Fsp3) is 0.385. The molecule has 0 fully saturated rings. The molecule has 2 heterocycles. The van der Waals surface area contributed by atoms with E-state index in [9.17, 15) is 22.8 Å². The smallest absolute Gasteiger partial charge is 0.411 e. The Morgan fingerprint density at radius 1 is 1.44 bits per heavy atom. The summed E-state index contributed by atoms with van der Waals surface area (Å²) in [5.74, 6) is -1.72.